The minimum atomic E-state index is 0.143. The second-order valence-corrected chi connectivity index (χ2v) is 4.73. The van der Waals surface area contributed by atoms with Gasteiger partial charge in [-0.3, -0.25) is 9.48 Å². The average Bonchev–Trinajstić information content (AvgIpc) is 2.84. The molecule has 2 rings (SSSR count). The third kappa shape index (κ3) is 2.43. The van der Waals surface area contributed by atoms with Crippen LogP contribution in [-0.2, 0) is 11.3 Å². The Balaban J connectivity index is 2.04. The Bertz CT molecular complexity index is 401. The fourth-order valence-electron chi connectivity index (χ4n) is 2.61. The van der Waals surface area contributed by atoms with Gasteiger partial charge in [-0.05, 0) is 32.3 Å². The van der Waals surface area contributed by atoms with Gasteiger partial charge >= 0.3 is 0 Å². The van der Waals surface area contributed by atoms with Crippen molar-refractivity contribution in [3.63, 3.8) is 0 Å². The van der Waals surface area contributed by atoms with Crippen LogP contribution < -0.4 is 5.73 Å². The molecule has 0 radical (unpaired) electrons. The van der Waals surface area contributed by atoms with E-state index in [1.54, 1.807) is 16.9 Å². The molecular formula is C12H20N4O. The molecule has 2 unspecified atom stereocenters. The van der Waals surface area contributed by atoms with Crippen LogP contribution in [0.5, 0.6) is 0 Å². The molecule has 1 aromatic rings. The number of likely N-dealkylation sites (tertiary alicyclic amines) is 1. The molecule has 1 amide bonds. The Morgan fingerprint density at radius 3 is 2.94 bits per heavy atom. The molecule has 5 nitrogen and oxygen atoms in total. The van der Waals surface area contributed by atoms with E-state index in [4.69, 9.17) is 5.73 Å². The lowest BCUT2D eigenvalue weighted by Gasteiger charge is -2.28. The molecule has 0 saturated carbocycles. The van der Waals surface area contributed by atoms with Crippen molar-refractivity contribution in [2.24, 2.45) is 0 Å². The zero-order valence-corrected chi connectivity index (χ0v) is 10.5. The number of nitrogens with two attached hydrogens (primary N) is 1. The molecule has 2 N–H and O–H groups in total. The van der Waals surface area contributed by atoms with Crippen molar-refractivity contribution < 1.29 is 4.79 Å². The summed E-state index contributed by atoms with van der Waals surface area (Å²) in [5.74, 6) is 0.601. The monoisotopic (exact) mass is 236 g/mol. The smallest absolute Gasteiger partial charge is 0.244 e. The van der Waals surface area contributed by atoms with Gasteiger partial charge in [0.15, 0.2) is 0 Å². The number of nitrogen functional groups attached to an aromatic ring is 1. The summed E-state index contributed by atoms with van der Waals surface area (Å²) in [4.78, 5) is 14.2. The Morgan fingerprint density at radius 2 is 2.35 bits per heavy atom. The first kappa shape index (κ1) is 12.0. The third-order valence-corrected chi connectivity index (χ3v) is 3.50. The Labute approximate surface area is 102 Å². The number of rotatable bonds is 3. The fraction of sp³-hybridized carbons (Fsp3) is 0.667. The molecule has 2 atom stereocenters. The highest BCUT2D eigenvalue weighted by Gasteiger charge is 2.32. The van der Waals surface area contributed by atoms with Gasteiger partial charge in [0.05, 0.1) is 0 Å². The van der Waals surface area contributed by atoms with E-state index < -0.39 is 0 Å². The van der Waals surface area contributed by atoms with E-state index >= 15 is 0 Å². The van der Waals surface area contributed by atoms with Gasteiger partial charge in [0.25, 0.3) is 0 Å². The van der Waals surface area contributed by atoms with Crippen molar-refractivity contribution in [1.82, 2.24) is 14.7 Å². The molecule has 0 spiro atoms. The van der Waals surface area contributed by atoms with Crippen LogP contribution in [-0.4, -0.2) is 32.7 Å². The normalized spacial score (nSPS) is 24.2. The summed E-state index contributed by atoms with van der Waals surface area (Å²) in [5.41, 5.74) is 5.53. The maximum atomic E-state index is 12.2. The highest BCUT2D eigenvalue weighted by molar-refractivity contribution is 5.77. The highest BCUT2D eigenvalue weighted by atomic mass is 16.2. The van der Waals surface area contributed by atoms with Gasteiger partial charge in [-0.1, -0.05) is 6.92 Å². The Kier molecular flexibility index (Phi) is 3.36. The summed E-state index contributed by atoms with van der Waals surface area (Å²) in [7, 11) is 0. The van der Waals surface area contributed by atoms with Gasteiger partial charge in [0.2, 0.25) is 5.91 Å². The number of carbonyl (C=O) groups excluding carboxylic acids is 1. The number of carbonyl (C=O) groups is 1. The molecule has 94 valence electrons. The molecule has 0 aromatic carbocycles. The summed E-state index contributed by atoms with van der Waals surface area (Å²) >= 11 is 0. The lowest BCUT2D eigenvalue weighted by Crippen LogP contribution is -2.41. The van der Waals surface area contributed by atoms with Crippen LogP contribution in [0.15, 0.2) is 12.3 Å². The standard InChI is InChI=1S/C12H20N4O/c1-3-10-5-4-9(2)16(10)12(17)8-15-7-6-11(13)14-15/h6-7,9-10H,3-5,8H2,1-2H3,(H2,13,14). The predicted molar refractivity (Wildman–Crippen MR) is 66.3 cm³/mol. The van der Waals surface area contributed by atoms with Crippen molar-refractivity contribution in [2.45, 2.75) is 51.7 Å². The van der Waals surface area contributed by atoms with Crippen LogP contribution in [0, 0.1) is 0 Å². The third-order valence-electron chi connectivity index (χ3n) is 3.50. The summed E-state index contributed by atoms with van der Waals surface area (Å²) in [6.07, 6.45) is 4.99. The van der Waals surface area contributed by atoms with Gasteiger partial charge in [-0.15, -0.1) is 0 Å². The second-order valence-electron chi connectivity index (χ2n) is 4.73. The summed E-state index contributed by atoms with van der Waals surface area (Å²) in [6, 6.07) is 2.45. The molecule has 0 aliphatic carbocycles. The van der Waals surface area contributed by atoms with Crippen molar-refractivity contribution >= 4 is 11.7 Å². The van der Waals surface area contributed by atoms with Gasteiger partial charge in [-0.25, -0.2) is 0 Å². The fourth-order valence-corrected chi connectivity index (χ4v) is 2.61. The number of aromatic nitrogens is 2. The highest BCUT2D eigenvalue weighted by Crippen LogP contribution is 2.26. The maximum Gasteiger partial charge on any atom is 0.244 e. The first-order valence-electron chi connectivity index (χ1n) is 6.22. The van der Waals surface area contributed by atoms with Crippen molar-refractivity contribution in [3.8, 4) is 0 Å². The molecule has 0 bridgehead atoms. The molecular weight excluding hydrogens is 216 g/mol. The predicted octanol–water partition coefficient (Wildman–Crippen LogP) is 1.25. The van der Waals surface area contributed by atoms with Gasteiger partial charge < -0.3 is 10.6 Å². The molecule has 5 heteroatoms. The zero-order valence-electron chi connectivity index (χ0n) is 10.5. The second kappa shape index (κ2) is 4.77. The summed E-state index contributed by atoms with van der Waals surface area (Å²) < 4.78 is 1.61. The average molecular weight is 236 g/mol. The van der Waals surface area contributed by atoms with Crippen molar-refractivity contribution in [2.75, 3.05) is 5.73 Å². The van der Waals surface area contributed by atoms with E-state index in [9.17, 15) is 4.79 Å². The van der Waals surface area contributed by atoms with Gasteiger partial charge in [-0.2, -0.15) is 5.10 Å². The SMILES string of the molecule is CCC1CCC(C)N1C(=O)Cn1ccc(N)n1. The first-order valence-corrected chi connectivity index (χ1v) is 6.22. The van der Waals surface area contributed by atoms with Crippen LogP contribution in [0.3, 0.4) is 0 Å². The van der Waals surface area contributed by atoms with E-state index in [0.29, 0.717) is 17.9 Å². The summed E-state index contributed by atoms with van der Waals surface area (Å²) in [6.45, 7) is 4.54. The summed E-state index contributed by atoms with van der Waals surface area (Å²) in [5, 5.41) is 4.04. The number of nitrogens with zero attached hydrogens (tertiary/aromatic N) is 3. The lowest BCUT2D eigenvalue weighted by atomic mass is 10.1. The molecule has 2 heterocycles. The zero-order chi connectivity index (χ0) is 12.4. The largest absolute Gasteiger partial charge is 0.382 e. The molecule has 1 aliphatic rings. The van der Waals surface area contributed by atoms with Crippen molar-refractivity contribution in [1.29, 1.82) is 0 Å². The van der Waals surface area contributed by atoms with E-state index in [0.717, 1.165) is 19.3 Å². The number of amides is 1. The van der Waals surface area contributed by atoms with Crippen LogP contribution in [0.25, 0.3) is 0 Å². The number of hydrogen-bond donors (Lipinski definition) is 1. The first-order chi connectivity index (χ1) is 8.11. The molecule has 1 saturated heterocycles. The lowest BCUT2D eigenvalue weighted by molar-refractivity contribution is -0.134. The molecule has 1 fully saturated rings. The van der Waals surface area contributed by atoms with E-state index in [-0.39, 0.29) is 12.5 Å². The van der Waals surface area contributed by atoms with E-state index in [1.807, 2.05) is 4.90 Å². The molecule has 1 aromatic heterocycles. The minimum Gasteiger partial charge on any atom is -0.382 e. The number of hydrogen-bond acceptors (Lipinski definition) is 3. The quantitative estimate of drug-likeness (QED) is 0.859. The van der Waals surface area contributed by atoms with Crippen LogP contribution >= 0.6 is 0 Å². The van der Waals surface area contributed by atoms with Crippen molar-refractivity contribution in [3.05, 3.63) is 12.3 Å². The van der Waals surface area contributed by atoms with Crippen LogP contribution in [0.2, 0.25) is 0 Å². The number of anilines is 1. The van der Waals surface area contributed by atoms with Gasteiger partial charge in [0, 0.05) is 18.3 Å². The Morgan fingerprint density at radius 1 is 1.59 bits per heavy atom. The topological polar surface area (TPSA) is 64.2 Å². The Hall–Kier alpha value is -1.52. The van der Waals surface area contributed by atoms with E-state index in [1.165, 1.54) is 0 Å². The van der Waals surface area contributed by atoms with E-state index in [2.05, 4.69) is 18.9 Å². The van der Waals surface area contributed by atoms with Crippen LogP contribution in [0.1, 0.15) is 33.1 Å². The molecule has 1 aliphatic heterocycles. The van der Waals surface area contributed by atoms with Gasteiger partial charge in [0.1, 0.15) is 12.4 Å². The maximum absolute atomic E-state index is 12.2. The van der Waals surface area contributed by atoms with Crippen LogP contribution in [0.4, 0.5) is 5.82 Å². The minimum absolute atomic E-state index is 0.143. The molecule has 17 heavy (non-hydrogen) atoms.